The number of hydrogen-bond acceptors (Lipinski definition) is 1. The van der Waals surface area contributed by atoms with E-state index in [-0.39, 0.29) is 40.8 Å². The van der Waals surface area contributed by atoms with Crippen LogP contribution in [0.15, 0.2) is 0 Å². The van der Waals surface area contributed by atoms with E-state index in [9.17, 15) is 0 Å². The summed E-state index contributed by atoms with van der Waals surface area (Å²) in [6, 6.07) is 0. The average molecular weight is 384 g/mol. The minimum atomic E-state index is 0. The van der Waals surface area contributed by atoms with E-state index in [1.54, 1.807) is 0 Å². The predicted molar refractivity (Wildman–Crippen MR) is 20.7 cm³/mol. The molecule has 18 valence electrons. The molecule has 0 aliphatic carbocycles. The van der Waals surface area contributed by atoms with Gasteiger partial charge in [0.2, 0.25) is 0 Å². The normalized spacial score (nSPS) is 1.00. The van der Waals surface area contributed by atoms with Crippen molar-refractivity contribution in [2.45, 2.75) is 0 Å². The number of rotatable bonds is 0. The van der Waals surface area contributed by atoms with Crippen LogP contribution in [0.3, 0.4) is 0 Å². The number of hydrogen-bond donors (Lipinski definition) is 0. The van der Waals surface area contributed by atoms with Crippen molar-refractivity contribution in [2.75, 3.05) is 0 Å². The fourth-order valence-electron chi connectivity index (χ4n) is 0. The van der Waals surface area contributed by atoms with Gasteiger partial charge < -0.3 is 13.5 Å². The zero-order valence-corrected chi connectivity index (χ0v) is 11.6. The molecule has 0 saturated carbocycles. The first-order valence-electron chi connectivity index (χ1n) is 0.204. The van der Waals surface area contributed by atoms with Gasteiger partial charge in [-0.05, 0) is 0 Å². The minimum absolute atomic E-state index is 0. The molecule has 4 heteroatoms. The van der Waals surface area contributed by atoms with Crippen molar-refractivity contribution in [2.24, 2.45) is 0 Å². The van der Waals surface area contributed by atoms with Crippen LogP contribution in [0.5, 0.6) is 0 Å². The van der Waals surface area contributed by atoms with E-state index in [2.05, 4.69) is 8.65 Å². The van der Waals surface area contributed by atoms with Crippen LogP contribution in [0.4, 0.5) is 0 Å². The Labute approximate surface area is 71.9 Å². The van der Waals surface area contributed by atoms with Crippen LogP contribution in [0.1, 0.15) is 0 Å². The quantitative estimate of drug-likeness (QED) is 0.541. The van der Waals surface area contributed by atoms with Gasteiger partial charge in [-0.3, -0.25) is 0 Å². The van der Waals surface area contributed by atoms with E-state index in [1.165, 1.54) is 0 Å². The third-order valence-electron chi connectivity index (χ3n) is 0. The molecule has 2 radical (unpaired) electrons. The summed E-state index contributed by atoms with van der Waals surface area (Å²) < 4.78 is 0. The Morgan fingerprint density at radius 3 is 1.25 bits per heavy atom. The van der Waals surface area contributed by atoms with Gasteiger partial charge in [0.05, 0.1) is 0 Å². The molecule has 0 fully saturated rings. The van der Waals surface area contributed by atoms with Crippen LogP contribution in [0.25, 0.3) is 0 Å². The molecule has 0 aliphatic heterocycles. The van der Waals surface area contributed by atoms with Crippen molar-refractivity contribution in [1.82, 2.24) is 0 Å². The SMILES string of the molecule is [Cd+2].[S-2].[S]=[Pb]. The van der Waals surface area contributed by atoms with Crippen molar-refractivity contribution < 1.29 is 27.3 Å². The van der Waals surface area contributed by atoms with E-state index < -0.39 is 0 Å². The van der Waals surface area contributed by atoms with E-state index in [4.69, 9.17) is 0 Å². The van der Waals surface area contributed by atoms with Crippen LogP contribution in [-0.2, 0) is 40.8 Å². The molecule has 0 bridgehead atoms. The molecule has 0 nitrogen and oxygen atoms in total. The van der Waals surface area contributed by atoms with E-state index in [0.29, 0.717) is 0 Å². The summed E-state index contributed by atoms with van der Waals surface area (Å²) >= 11 is 0.889. The fourth-order valence-corrected chi connectivity index (χ4v) is 0. The summed E-state index contributed by atoms with van der Waals surface area (Å²) in [5.74, 6) is 0. The van der Waals surface area contributed by atoms with Crippen LogP contribution < -0.4 is 0 Å². The first-order chi connectivity index (χ1) is 1.00. The Morgan fingerprint density at radius 1 is 1.25 bits per heavy atom. The third kappa shape index (κ3) is 8.83. The van der Waals surface area contributed by atoms with Gasteiger partial charge in [0.25, 0.3) is 0 Å². The summed E-state index contributed by atoms with van der Waals surface area (Å²) in [5.41, 5.74) is 0. The van der Waals surface area contributed by atoms with Gasteiger partial charge >= 0.3 is 59.6 Å². The van der Waals surface area contributed by atoms with Gasteiger partial charge in [0.1, 0.15) is 0 Å². The molecule has 0 amide bonds. The molecule has 0 N–H and O–H groups in total. The second-order valence-electron chi connectivity index (χ2n) is 0. The van der Waals surface area contributed by atoms with Crippen molar-refractivity contribution >= 4 is 45.8 Å². The van der Waals surface area contributed by atoms with Gasteiger partial charge in [-0.1, -0.05) is 0 Å². The Morgan fingerprint density at radius 2 is 1.25 bits per heavy atom. The summed E-state index contributed by atoms with van der Waals surface area (Å²) in [6.45, 7) is 0. The Bertz CT molecular complexity index is 6.00. The topological polar surface area (TPSA) is 0 Å². The molecule has 0 unspecified atom stereocenters. The van der Waals surface area contributed by atoms with Gasteiger partial charge in [-0.15, -0.1) is 0 Å². The summed E-state index contributed by atoms with van der Waals surface area (Å²) in [6.07, 6.45) is 0. The third-order valence-corrected chi connectivity index (χ3v) is 0. The molecular formula is CdPbS2. The molecule has 0 aromatic heterocycles. The maximum atomic E-state index is 4.22. The Kier molecular flexibility index (Phi) is 73.0. The van der Waals surface area contributed by atoms with Gasteiger partial charge in [0, 0.05) is 0 Å². The molecule has 0 aliphatic rings. The van der Waals surface area contributed by atoms with E-state index >= 15 is 0 Å². The summed E-state index contributed by atoms with van der Waals surface area (Å²) in [4.78, 5) is 0. The summed E-state index contributed by atoms with van der Waals surface area (Å²) in [5, 5.41) is 0. The summed E-state index contributed by atoms with van der Waals surface area (Å²) in [7, 11) is 4.22. The zero-order chi connectivity index (χ0) is 2.00. The fraction of sp³-hybridized carbons (Fsp3) is 0. The predicted octanol–water partition coefficient (Wildman–Crippen LogP) is 0.262. The van der Waals surface area contributed by atoms with Crippen molar-refractivity contribution in [3.63, 3.8) is 0 Å². The van der Waals surface area contributed by atoms with E-state index in [1.807, 2.05) is 0 Å². The standard InChI is InChI=1S/Cd.Pb.2S/q+2;;;-2. The second-order valence-corrected chi connectivity index (χ2v) is 0. The second kappa shape index (κ2) is 18.1. The zero-order valence-electron chi connectivity index (χ0n) is 2.02. The molecule has 4 heavy (non-hydrogen) atoms. The first kappa shape index (κ1) is 16.1. The molecule has 0 heterocycles. The van der Waals surface area contributed by atoms with Crippen LogP contribution in [0, 0.1) is 0 Å². The first-order valence-corrected chi connectivity index (χ1v) is 5.37. The van der Waals surface area contributed by atoms with Crippen LogP contribution >= 0.6 is 8.65 Å². The molecule has 0 aromatic rings. The van der Waals surface area contributed by atoms with Crippen LogP contribution in [-0.4, -0.2) is 23.7 Å². The van der Waals surface area contributed by atoms with Crippen molar-refractivity contribution in [3.05, 3.63) is 0 Å². The molecule has 0 spiro atoms. The van der Waals surface area contributed by atoms with E-state index in [0.717, 1.165) is 23.7 Å². The molecule has 0 saturated heterocycles. The molecule has 0 aromatic carbocycles. The molecule has 0 rings (SSSR count). The van der Waals surface area contributed by atoms with Crippen molar-refractivity contribution in [3.8, 4) is 0 Å². The maximum absolute atomic E-state index is 4.22. The Hall–Kier alpha value is 2.41. The molecular weight excluding hydrogens is 384 g/mol. The van der Waals surface area contributed by atoms with Crippen molar-refractivity contribution in [1.29, 1.82) is 0 Å². The van der Waals surface area contributed by atoms with Gasteiger partial charge in [-0.25, -0.2) is 0 Å². The van der Waals surface area contributed by atoms with Gasteiger partial charge in [-0.2, -0.15) is 0 Å². The van der Waals surface area contributed by atoms with Gasteiger partial charge in [0.15, 0.2) is 0 Å². The average Bonchev–Trinajstić information content (AvgIpc) is 1.00. The van der Waals surface area contributed by atoms with Crippen LogP contribution in [0.2, 0.25) is 0 Å². The monoisotopic (exact) mass is 386 g/mol. The Balaban J connectivity index is -0.00000000500. The molecule has 0 atom stereocenters.